The van der Waals surface area contributed by atoms with Crippen LogP contribution in [-0.4, -0.2) is 53.2 Å². The maximum absolute atomic E-state index is 11.5. The highest BCUT2D eigenvalue weighted by atomic mass is 16.1. The molecule has 2 heterocycles. The molecule has 0 saturated carbocycles. The first-order chi connectivity index (χ1) is 11.1. The third kappa shape index (κ3) is 5.26. The molecule has 1 amide bonds. The van der Waals surface area contributed by atoms with Crippen LogP contribution in [0.25, 0.3) is 0 Å². The summed E-state index contributed by atoms with van der Waals surface area (Å²) in [5.74, 6) is 1.57. The average Bonchev–Trinajstić information content (AvgIpc) is 2.97. The fourth-order valence-electron chi connectivity index (χ4n) is 2.86. The zero-order valence-corrected chi connectivity index (χ0v) is 14.4. The summed E-state index contributed by atoms with van der Waals surface area (Å²) >= 11 is 0. The summed E-state index contributed by atoms with van der Waals surface area (Å²) in [6, 6.07) is 0. The van der Waals surface area contributed by atoms with Crippen LogP contribution in [0.3, 0.4) is 0 Å². The number of nitrogens with one attached hydrogen (secondary N) is 2. The second kappa shape index (κ2) is 8.55. The topological polar surface area (TPSA) is 74.5 Å². The van der Waals surface area contributed by atoms with E-state index in [0.29, 0.717) is 18.9 Å². The van der Waals surface area contributed by atoms with Gasteiger partial charge in [-0.2, -0.15) is 5.10 Å². The molecule has 0 spiro atoms. The van der Waals surface area contributed by atoms with E-state index >= 15 is 0 Å². The highest BCUT2D eigenvalue weighted by molar-refractivity contribution is 5.80. The van der Waals surface area contributed by atoms with Gasteiger partial charge in [-0.1, -0.05) is 0 Å². The average molecular weight is 320 g/mol. The molecule has 0 aliphatic carbocycles. The Labute approximate surface area is 138 Å². The number of aromatic nitrogens is 2. The van der Waals surface area contributed by atoms with Crippen molar-refractivity contribution in [2.75, 3.05) is 26.7 Å². The van der Waals surface area contributed by atoms with E-state index in [-0.39, 0.29) is 5.91 Å². The number of rotatable bonds is 5. The van der Waals surface area contributed by atoms with E-state index in [4.69, 9.17) is 4.99 Å². The molecule has 0 atom stereocenters. The number of carbonyl (C=O) groups excluding carboxylic acids is 1. The molecule has 0 bridgehead atoms. The van der Waals surface area contributed by atoms with Gasteiger partial charge in [-0.25, -0.2) is 4.99 Å². The van der Waals surface area contributed by atoms with E-state index in [2.05, 4.69) is 27.6 Å². The third-order valence-corrected chi connectivity index (χ3v) is 4.17. The standard InChI is InChI=1S/C16H28N6O/c1-4-18-16(19-10-14-11-20-21(3)12-14)22-7-5-13(6-8-22)9-15(23)17-2/h11-13H,4-10H2,1-3H3,(H,17,23)(H,18,19). The van der Waals surface area contributed by atoms with Crippen LogP contribution in [0, 0.1) is 5.92 Å². The lowest BCUT2D eigenvalue weighted by Crippen LogP contribution is -2.46. The Bertz CT molecular complexity index is 530. The number of piperidine rings is 1. The van der Waals surface area contributed by atoms with Gasteiger partial charge in [0.05, 0.1) is 12.7 Å². The molecule has 7 nitrogen and oxygen atoms in total. The largest absolute Gasteiger partial charge is 0.359 e. The van der Waals surface area contributed by atoms with Gasteiger partial charge in [0.25, 0.3) is 0 Å². The van der Waals surface area contributed by atoms with Gasteiger partial charge in [0.15, 0.2) is 5.96 Å². The molecular weight excluding hydrogens is 292 g/mol. The quantitative estimate of drug-likeness (QED) is 0.620. The van der Waals surface area contributed by atoms with Gasteiger partial charge in [-0.3, -0.25) is 9.48 Å². The molecule has 23 heavy (non-hydrogen) atoms. The minimum Gasteiger partial charge on any atom is -0.359 e. The van der Waals surface area contributed by atoms with Crippen molar-refractivity contribution in [3.63, 3.8) is 0 Å². The predicted molar refractivity (Wildman–Crippen MR) is 91.0 cm³/mol. The van der Waals surface area contributed by atoms with Crippen LogP contribution in [0.5, 0.6) is 0 Å². The van der Waals surface area contributed by atoms with Crippen molar-refractivity contribution >= 4 is 11.9 Å². The lowest BCUT2D eigenvalue weighted by atomic mass is 9.93. The number of aliphatic imine (C=N–C) groups is 1. The normalized spacial score (nSPS) is 16.5. The molecule has 0 aromatic carbocycles. The predicted octanol–water partition coefficient (Wildman–Crippen LogP) is 0.734. The molecule has 1 aliphatic rings. The number of hydrogen-bond donors (Lipinski definition) is 2. The maximum atomic E-state index is 11.5. The SMILES string of the molecule is CCNC(=NCc1cnn(C)c1)N1CCC(CC(=O)NC)CC1. The minimum absolute atomic E-state index is 0.139. The number of nitrogens with zero attached hydrogens (tertiary/aromatic N) is 4. The molecule has 1 fully saturated rings. The van der Waals surface area contributed by atoms with E-state index < -0.39 is 0 Å². The summed E-state index contributed by atoms with van der Waals surface area (Å²) in [5, 5.41) is 10.3. The molecule has 1 saturated heterocycles. The number of guanidine groups is 1. The Hall–Kier alpha value is -2.05. The van der Waals surface area contributed by atoms with Gasteiger partial charge in [-0.05, 0) is 25.7 Å². The Morgan fingerprint density at radius 1 is 1.43 bits per heavy atom. The van der Waals surface area contributed by atoms with Crippen LogP contribution in [-0.2, 0) is 18.4 Å². The van der Waals surface area contributed by atoms with E-state index in [1.54, 1.807) is 11.7 Å². The summed E-state index contributed by atoms with van der Waals surface area (Å²) in [6.07, 6.45) is 6.54. The van der Waals surface area contributed by atoms with Crippen LogP contribution in [0.2, 0.25) is 0 Å². The fraction of sp³-hybridized carbons (Fsp3) is 0.688. The summed E-state index contributed by atoms with van der Waals surface area (Å²) in [6.45, 7) is 5.46. The Balaban J connectivity index is 1.90. The van der Waals surface area contributed by atoms with Crippen molar-refractivity contribution in [2.45, 2.75) is 32.7 Å². The minimum atomic E-state index is 0.139. The second-order valence-corrected chi connectivity index (χ2v) is 6.00. The van der Waals surface area contributed by atoms with Gasteiger partial charge in [-0.15, -0.1) is 0 Å². The Morgan fingerprint density at radius 2 is 2.17 bits per heavy atom. The van der Waals surface area contributed by atoms with E-state index in [0.717, 1.165) is 44.0 Å². The summed E-state index contributed by atoms with van der Waals surface area (Å²) in [5.41, 5.74) is 1.11. The first-order valence-electron chi connectivity index (χ1n) is 8.33. The lowest BCUT2D eigenvalue weighted by molar-refractivity contribution is -0.121. The molecule has 2 N–H and O–H groups in total. The van der Waals surface area contributed by atoms with Crippen molar-refractivity contribution in [1.82, 2.24) is 25.3 Å². The van der Waals surface area contributed by atoms with E-state index in [1.807, 2.05) is 19.4 Å². The zero-order chi connectivity index (χ0) is 16.7. The Morgan fingerprint density at radius 3 is 2.74 bits per heavy atom. The number of amides is 1. The lowest BCUT2D eigenvalue weighted by Gasteiger charge is -2.34. The first-order valence-corrected chi connectivity index (χ1v) is 8.33. The molecule has 0 unspecified atom stereocenters. The molecule has 1 aromatic heterocycles. The van der Waals surface area contributed by atoms with Gasteiger partial charge in [0, 0.05) is 51.9 Å². The molecular formula is C16H28N6O. The van der Waals surface area contributed by atoms with Crippen molar-refractivity contribution in [1.29, 1.82) is 0 Å². The molecule has 7 heteroatoms. The number of aryl methyl sites for hydroxylation is 1. The number of carbonyl (C=O) groups is 1. The van der Waals surface area contributed by atoms with Gasteiger partial charge in [0.1, 0.15) is 0 Å². The van der Waals surface area contributed by atoms with Gasteiger partial charge in [0.2, 0.25) is 5.91 Å². The monoisotopic (exact) mass is 320 g/mol. The maximum Gasteiger partial charge on any atom is 0.220 e. The van der Waals surface area contributed by atoms with Crippen LogP contribution in [0.4, 0.5) is 0 Å². The first kappa shape index (κ1) is 17.3. The van der Waals surface area contributed by atoms with Crippen molar-refractivity contribution in [3.8, 4) is 0 Å². The fourth-order valence-corrected chi connectivity index (χ4v) is 2.86. The highest BCUT2D eigenvalue weighted by Gasteiger charge is 2.23. The molecule has 128 valence electrons. The van der Waals surface area contributed by atoms with E-state index in [9.17, 15) is 4.79 Å². The van der Waals surface area contributed by atoms with Crippen molar-refractivity contribution in [2.24, 2.45) is 18.0 Å². The molecule has 2 rings (SSSR count). The third-order valence-electron chi connectivity index (χ3n) is 4.17. The number of hydrogen-bond acceptors (Lipinski definition) is 3. The number of likely N-dealkylation sites (tertiary alicyclic amines) is 1. The summed E-state index contributed by atoms with van der Waals surface area (Å²) < 4.78 is 1.79. The van der Waals surface area contributed by atoms with Gasteiger partial charge >= 0.3 is 0 Å². The van der Waals surface area contributed by atoms with E-state index in [1.165, 1.54) is 0 Å². The molecule has 1 aliphatic heterocycles. The van der Waals surface area contributed by atoms with Gasteiger partial charge < -0.3 is 15.5 Å². The molecule has 0 radical (unpaired) electrons. The summed E-state index contributed by atoms with van der Waals surface area (Å²) in [7, 11) is 3.61. The summed E-state index contributed by atoms with van der Waals surface area (Å²) in [4.78, 5) is 18.5. The van der Waals surface area contributed by atoms with Crippen LogP contribution < -0.4 is 10.6 Å². The van der Waals surface area contributed by atoms with Crippen LogP contribution in [0.15, 0.2) is 17.4 Å². The Kier molecular flexibility index (Phi) is 6.43. The second-order valence-electron chi connectivity index (χ2n) is 6.00. The van der Waals surface area contributed by atoms with Crippen molar-refractivity contribution in [3.05, 3.63) is 18.0 Å². The molecule has 1 aromatic rings. The highest BCUT2D eigenvalue weighted by Crippen LogP contribution is 2.20. The van der Waals surface area contributed by atoms with Crippen LogP contribution in [0.1, 0.15) is 31.7 Å². The van der Waals surface area contributed by atoms with Crippen LogP contribution >= 0.6 is 0 Å². The smallest absolute Gasteiger partial charge is 0.220 e. The zero-order valence-electron chi connectivity index (χ0n) is 14.4. The van der Waals surface area contributed by atoms with Crippen molar-refractivity contribution < 1.29 is 4.79 Å².